The quantitative estimate of drug-likeness (QED) is 0.0659. The summed E-state index contributed by atoms with van der Waals surface area (Å²) in [5.41, 5.74) is 6.92. The maximum absolute atomic E-state index is 5.44. The van der Waals surface area contributed by atoms with Crippen LogP contribution in [0, 0.1) is 0 Å². The molecule has 2 N–H and O–H groups in total. The number of nitrogens with zero attached hydrogens (tertiary/aromatic N) is 14. The monoisotopic (exact) mass is 1300 g/mol. The van der Waals surface area contributed by atoms with Crippen molar-refractivity contribution in [2.45, 2.75) is 23.0 Å². The topological polar surface area (TPSA) is 134 Å². The van der Waals surface area contributed by atoms with Crippen LogP contribution in [0.4, 0.5) is 23.3 Å². The summed E-state index contributed by atoms with van der Waals surface area (Å²) in [5, 5.41) is 12.0. The Bertz CT molecular complexity index is 3720. The number of aromatic nitrogens is 4. The molecular formula is C56H70Cl4CuN16S4. The number of H-pyrrole nitrogens is 2. The van der Waals surface area contributed by atoms with E-state index in [1.165, 1.54) is 0 Å². The molecule has 1 aliphatic heterocycles. The number of aromatic amines is 2. The molecule has 81 heavy (non-hydrogen) atoms. The summed E-state index contributed by atoms with van der Waals surface area (Å²) in [6, 6.07) is 26.3. The van der Waals surface area contributed by atoms with E-state index >= 15 is 0 Å². The summed E-state index contributed by atoms with van der Waals surface area (Å²) >= 11 is 7.18. The standard InChI is InChI=1S/C56H70N16S4.4ClH.Cu/c1-65(2)53(66(3)4)73-29-33-17-21-37-41(25-33)49-57-45(37)62-50-43-27-35(31-75-55(69(9)10)70(11)12)19-23-39(43)47(59-50)64-52-44-28-36(32-76-56(71(13)14)72(15)16)20-24-40(44)48(60-52)63-51-42-26-34(18-22-38(42)46(58-51)61-49)30-74-54(67(5)6)68(7)8;;;;;/h17-28H,29-32H2,1-16H3,(H2-2,57,58,59,60,61,62,63,64);4*1H;/q+2;;;;;+2/p-4. The van der Waals surface area contributed by atoms with Crippen molar-refractivity contribution in [3.8, 4) is 0 Å². The molecule has 9 rings (SSSR count). The van der Waals surface area contributed by atoms with Gasteiger partial charge in [0.1, 0.15) is 0 Å². The molecule has 8 bridgehead atoms. The predicted octanol–water partition coefficient (Wildman–Crippen LogP) is -5.31. The van der Waals surface area contributed by atoms with E-state index in [1.54, 1.807) is 47.0 Å². The number of amidine groups is 4. The third-order valence-corrected chi connectivity index (χ3v) is 18.5. The summed E-state index contributed by atoms with van der Waals surface area (Å²) in [6.45, 7) is 0. The summed E-state index contributed by atoms with van der Waals surface area (Å²) in [4.78, 5) is 48.3. The molecule has 0 unspecified atom stereocenters. The second kappa shape index (κ2) is 29.1. The Morgan fingerprint density at radius 2 is 0.580 bits per heavy atom. The number of hydrogen-bond donors (Lipinski definition) is 2. The Balaban J connectivity index is 0.00000282. The van der Waals surface area contributed by atoms with Crippen LogP contribution in [0.5, 0.6) is 0 Å². The number of thioether (sulfide) groups is 4. The van der Waals surface area contributed by atoms with Crippen molar-refractivity contribution in [3.63, 3.8) is 0 Å². The molecule has 0 saturated heterocycles. The van der Waals surface area contributed by atoms with Crippen molar-refractivity contribution < 1.29 is 85.0 Å². The molecule has 5 heterocycles. The molecule has 4 aromatic carbocycles. The second-order valence-corrected chi connectivity index (χ2v) is 24.3. The van der Waals surface area contributed by atoms with Gasteiger partial charge in [-0.3, -0.25) is 37.9 Å². The first-order chi connectivity index (χ1) is 36.2. The number of rotatable bonds is 8. The molecule has 1 aliphatic rings. The Labute approximate surface area is 527 Å². The molecule has 1 radical (unpaired) electrons. The van der Waals surface area contributed by atoms with Gasteiger partial charge in [0, 0.05) is 66.5 Å². The minimum atomic E-state index is 0. The second-order valence-electron chi connectivity index (χ2n) is 20.6. The molecule has 4 aromatic heterocycles. The van der Waals surface area contributed by atoms with E-state index in [4.69, 9.17) is 29.9 Å². The molecule has 0 atom stereocenters. The van der Waals surface area contributed by atoms with Crippen LogP contribution in [0.15, 0.2) is 92.8 Å². The van der Waals surface area contributed by atoms with Crippen molar-refractivity contribution in [1.29, 1.82) is 0 Å². The van der Waals surface area contributed by atoms with Gasteiger partial charge < -0.3 is 89.5 Å². The van der Waals surface area contributed by atoms with Crippen LogP contribution >= 0.6 is 47.0 Å². The first-order valence-electron chi connectivity index (χ1n) is 25.0. The van der Waals surface area contributed by atoms with Crippen molar-refractivity contribution in [2.24, 2.45) is 20.0 Å². The summed E-state index contributed by atoms with van der Waals surface area (Å²) < 4.78 is 8.60. The molecule has 16 nitrogen and oxygen atoms in total. The van der Waals surface area contributed by atoms with E-state index in [1.807, 2.05) is 0 Å². The van der Waals surface area contributed by atoms with Gasteiger partial charge in [0.15, 0.2) is 0 Å². The van der Waals surface area contributed by atoms with Crippen molar-refractivity contribution >= 4 is 134 Å². The van der Waals surface area contributed by atoms with Crippen LogP contribution in [-0.2, 0) is 40.1 Å². The van der Waals surface area contributed by atoms with Crippen LogP contribution in [0.1, 0.15) is 22.3 Å². The van der Waals surface area contributed by atoms with Crippen LogP contribution < -0.4 is 81.5 Å². The van der Waals surface area contributed by atoms with E-state index in [2.05, 4.69) is 233 Å². The van der Waals surface area contributed by atoms with E-state index in [-0.39, 0.29) is 66.7 Å². The third kappa shape index (κ3) is 15.1. The first kappa shape index (κ1) is 68.7. The summed E-state index contributed by atoms with van der Waals surface area (Å²) in [6.07, 6.45) is 0. The van der Waals surface area contributed by atoms with E-state index in [0.29, 0.717) is 45.2 Å². The van der Waals surface area contributed by atoms with E-state index < -0.39 is 0 Å². The van der Waals surface area contributed by atoms with Crippen LogP contribution in [0.2, 0.25) is 0 Å². The largest absolute Gasteiger partial charge is 2.00 e. The Morgan fingerprint density at radius 3 is 0.827 bits per heavy atom. The van der Waals surface area contributed by atoms with Crippen molar-refractivity contribution in [1.82, 2.24) is 39.5 Å². The molecule has 0 fully saturated rings. The number of benzene rings is 4. The minimum Gasteiger partial charge on any atom is -1.00 e. The Kier molecular flexibility index (Phi) is 24.7. The average Bonchev–Trinajstić information content (AvgIpc) is 4.08. The molecule has 0 spiro atoms. The molecule has 0 amide bonds. The zero-order valence-electron chi connectivity index (χ0n) is 48.5. The van der Waals surface area contributed by atoms with Crippen LogP contribution in [0.25, 0.3) is 43.1 Å². The Morgan fingerprint density at radius 1 is 0.358 bits per heavy atom. The Hall–Kier alpha value is -4.80. The minimum absolute atomic E-state index is 0. The van der Waals surface area contributed by atoms with Gasteiger partial charge >= 0.3 is 37.7 Å². The number of halogens is 4. The van der Waals surface area contributed by atoms with Gasteiger partial charge in [-0.15, -0.1) is 0 Å². The molecule has 0 aliphatic carbocycles. The van der Waals surface area contributed by atoms with E-state index in [0.717, 1.165) is 109 Å². The zero-order valence-corrected chi connectivity index (χ0v) is 55.7. The van der Waals surface area contributed by atoms with Gasteiger partial charge in [0.25, 0.3) is 0 Å². The first-order valence-corrected chi connectivity index (χ1v) is 28.9. The molecule has 437 valence electrons. The van der Waals surface area contributed by atoms with Gasteiger partial charge in [0.2, 0.25) is 0 Å². The fourth-order valence-corrected chi connectivity index (χ4v) is 13.5. The van der Waals surface area contributed by atoms with E-state index in [9.17, 15) is 0 Å². The summed E-state index contributed by atoms with van der Waals surface area (Å²) in [5.74, 6) is 5.69. The third-order valence-electron chi connectivity index (χ3n) is 12.6. The molecule has 8 aromatic rings. The van der Waals surface area contributed by atoms with Crippen molar-refractivity contribution in [3.05, 3.63) is 117 Å². The summed E-state index contributed by atoms with van der Waals surface area (Å²) in [7, 11) is 33.3. The number of fused-ring (bicyclic) bond motifs is 20. The predicted molar refractivity (Wildman–Crippen MR) is 323 cm³/mol. The van der Waals surface area contributed by atoms with Gasteiger partial charge in [-0.25, -0.2) is 0 Å². The molecule has 0 saturated carbocycles. The fraction of sp³-hybridized carbons (Fsp3) is 0.357. The van der Waals surface area contributed by atoms with Crippen LogP contribution in [0.3, 0.4) is 0 Å². The molecular weight excluding hydrogens is 1230 g/mol. The number of nitrogens with one attached hydrogen (secondary N) is 2. The fourth-order valence-electron chi connectivity index (χ4n) is 9.57. The van der Waals surface area contributed by atoms with Gasteiger partial charge in [0.05, 0.1) is 136 Å². The normalized spacial score (nSPS) is 11.3. The maximum Gasteiger partial charge on any atom is 2.00 e. The maximum atomic E-state index is 5.44. The van der Waals surface area contributed by atoms with Gasteiger partial charge in [-0.05, 0) is 115 Å². The molecule has 25 heteroatoms. The SMILES string of the molecule is CN(C)C(SCc1ccc2c3[nH]c(c2c1)N=c1[n-]c(c2cc(CSC(N(C)C)=[N+](C)C)ccc12)=Nc1[nH]c(c2cc(CSC(N(C)C)=[N+](C)C)ccc12)N=c1[n-]c(c2cc(CSC(N(C)C)=[N+](C)C)ccc12)=N3)=[N+](C)C.[Cl-].[Cl-].[Cl-].[Cl-].[Cu+2]. The average molecular weight is 1300 g/mol. The smallest absolute Gasteiger partial charge is 1.00 e. The van der Waals surface area contributed by atoms with Crippen LogP contribution in [-0.4, -0.2) is 181 Å². The van der Waals surface area contributed by atoms with Gasteiger partial charge in [-0.2, -0.15) is 0 Å². The van der Waals surface area contributed by atoms with Gasteiger partial charge in [-0.1, -0.05) is 48.5 Å². The zero-order chi connectivity index (χ0) is 54.3. The number of hydrogen-bond acceptors (Lipinski definition) is 8. The van der Waals surface area contributed by atoms with Crippen molar-refractivity contribution in [2.75, 3.05) is 113 Å².